The van der Waals surface area contributed by atoms with Gasteiger partial charge in [0, 0.05) is 30.3 Å². The first-order valence-electron chi connectivity index (χ1n) is 9.60. The van der Waals surface area contributed by atoms with Gasteiger partial charge in [-0.05, 0) is 42.2 Å². The fourth-order valence-corrected chi connectivity index (χ4v) is 5.18. The lowest BCUT2D eigenvalue weighted by Gasteiger charge is -2.53. The third kappa shape index (κ3) is 3.02. The van der Waals surface area contributed by atoms with Gasteiger partial charge in [-0.15, -0.1) is 0 Å². The van der Waals surface area contributed by atoms with Crippen LogP contribution in [0.5, 0.6) is 5.75 Å². The average molecular weight is 341 g/mol. The molecule has 2 unspecified atom stereocenters. The topological polar surface area (TPSA) is 42.4 Å². The number of fused-ring (bicyclic) bond motifs is 4. The first-order chi connectivity index (χ1) is 12.1. The van der Waals surface area contributed by atoms with E-state index >= 15 is 0 Å². The number of ether oxygens (including phenoxy) is 1. The molecule has 0 spiro atoms. The molecule has 3 aliphatic heterocycles. The molecule has 4 heteroatoms. The largest absolute Gasteiger partial charge is 0.497 e. The quantitative estimate of drug-likeness (QED) is 0.846. The van der Waals surface area contributed by atoms with Crippen LogP contribution in [0.3, 0.4) is 0 Å². The van der Waals surface area contributed by atoms with E-state index in [1.165, 1.54) is 38.9 Å². The van der Waals surface area contributed by atoms with Crippen molar-refractivity contribution >= 4 is 10.9 Å². The molecular formula is C21H29N2O2+. The van der Waals surface area contributed by atoms with E-state index in [0.717, 1.165) is 45.1 Å². The summed E-state index contributed by atoms with van der Waals surface area (Å²) in [5, 5.41) is 12.1. The molecule has 25 heavy (non-hydrogen) atoms. The minimum atomic E-state index is -0.454. The summed E-state index contributed by atoms with van der Waals surface area (Å²) >= 11 is 0. The Labute approximate surface area is 150 Å². The van der Waals surface area contributed by atoms with Gasteiger partial charge < -0.3 is 14.3 Å². The molecule has 0 aliphatic carbocycles. The van der Waals surface area contributed by atoms with E-state index in [1.54, 1.807) is 7.11 Å². The standard InChI is InChI=1S/C21H29N2O2/c1-3-15-13-23(10-7-16(15)8-11-23)14-21(24)18-6-9-22-20-5-4-17(25-2)12-19(18)20/h4-6,9,12,15-16,21,24H,3,7-8,10-11,13-14H2,1-2H3/q+1. The number of methoxy groups -OCH3 is 1. The van der Waals surface area contributed by atoms with Crippen LogP contribution in [0.1, 0.15) is 37.9 Å². The van der Waals surface area contributed by atoms with Gasteiger partial charge in [-0.25, -0.2) is 0 Å². The average Bonchev–Trinajstić information content (AvgIpc) is 2.67. The molecule has 3 saturated heterocycles. The van der Waals surface area contributed by atoms with Crippen LogP contribution in [0.25, 0.3) is 10.9 Å². The number of aliphatic hydroxyl groups excluding tert-OH is 1. The van der Waals surface area contributed by atoms with E-state index in [0.29, 0.717) is 0 Å². The highest BCUT2D eigenvalue weighted by atomic mass is 16.5. The summed E-state index contributed by atoms with van der Waals surface area (Å²) in [6.07, 6.45) is 5.29. The van der Waals surface area contributed by atoms with Crippen LogP contribution in [0.4, 0.5) is 0 Å². The van der Waals surface area contributed by atoms with E-state index in [9.17, 15) is 5.11 Å². The van der Waals surface area contributed by atoms with Crippen LogP contribution in [0, 0.1) is 11.8 Å². The third-order valence-electron chi connectivity index (χ3n) is 6.66. The van der Waals surface area contributed by atoms with E-state index < -0.39 is 6.10 Å². The van der Waals surface area contributed by atoms with Crippen molar-refractivity contribution < 1.29 is 14.3 Å². The van der Waals surface area contributed by atoms with Crippen molar-refractivity contribution in [3.05, 3.63) is 36.0 Å². The van der Waals surface area contributed by atoms with Crippen LogP contribution in [0.15, 0.2) is 30.5 Å². The van der Waals surface area contributed by atoms with Crippen LogP contribution >= 0.6 is 0 Å². The molecule has 134 valence electrons. The number of hydrogen-bond acceptors (Lipinski definition) is 3. The normalized spacial score (nSPS) is 29.7. The molecule has 4 nitrogen and oxygen atoms in total. The molecule has 0 saturated carbocycles. The fraction of sp³-hybridized carbons (Fsp3) is 0.571. The molecule has 5 rings (SSSR count). The Hall–Kier alpha value is -1.65. The van der Waals surface area contributed by atoms with Gasteiger partial charge in [0.05, 0.1) is 32.3 Å². The Morgan fingerprint density at radius 2 is 2.08 bits per heavy atom. The molecular weight excluding hydrogens is 312 g/mol. The summed E-state index contributed by atoms with van der Waals surface area (Å²) < 4.78 is 6.46. The number of benzene rings is 1. The molecule has 2 atom stereocenters. The smallest absolute Gasteiger partial charge is 0.129 e. The molecule has 0 radical (unpaired) electrons. The zero-order valence-corrected chi connectivity index (χ0v) is 15.3. The van der Waals surface area contributed by atoms with Crippen molar-refractivity contribution in [2.75, 3.05) is 33.3 Å². The SMILES string of the molecule is CCC1C[N+]2(CC(O)c3ccnc4ccc(OC)cc34)CCC1CC2. The number of pyridine rings is 1. The molecule has 3 fully saturated rings. The Morgan fingerprint density at radius 1 is 1.28 bits per heavy atom. The van der Waals surface area contributed by atoms with Crippen molar-refractivity contribution in [3.63, 3.8) is 0 Å². The highest BCUT2D eigenvalue weighted by Gasteiger charge is 2.45. The fourth-order valence-electron chi connectivity index (χ4n) is 5.18. The second kappa shape index (κ2) is 6.58. The summed E-state index contributed by atoms with van der Waals surface area (Å²) in [6, 6.07) is 7.86. The molecule has 1 N–H and O–H groups in total. The van der Waals surface area contributed by atoms with Crippen molar-refractivity contribution in [3.8, 4) is 5.75 Å². The van der Waals surface area contributed by atoms with Gasteiger partial charge in [0.15, 0.2) is 0 Å². The minimum Gasteiger partial charge on any atom is -0.497 e. The van der Waals surface area contributed by atoms with E-state index in [2.05, 4.69) is 11.9 Å². The zero-order valence-electron chi connectivity index (χ0n) is 15.3. The van der Waals surface area contributed by atoms with Gasteiger partial charge in [-0.2, -0.15) is 0 Å². The molecule has 2 bridgehead atoms. The Kier molecular flexibility index (Phi) is 4.42. The second-order valence-electron chi connectivity index (χ2n) is 7.96. The lowest BCUT2D eigenvalue weighted by molar-refractivity contribution is -0.950. The monoisotopic (exact) mass is 341 g/mol. The lowest BCUT2D eigenvalue weighted by Crippen LogP contribution is -2.62. The summed E-state index contributed by atoms with van der Waals surface area (Å²) in [7, 11) is 1.68. The van der Waals surface area contributed by atoms with Gasteiger partial charge in [0.1, 0.15) is 18.4 Å². The van der Waals surface area contributed by atoms with E-state index in [1.807, 2.05) is 30.5 Å². The third-order valence-corrected chi connectivity index (χ3v) is 6.66. The number of piperidine rings is 3. The maximum atomic E-state index is 11.1. The highest BCUT2D eigenvalue weighted by molar-refractivity contribution is 5.83. The Bertz CT molecular complexity index is 753. The summed E-state index contributed by atoms with van der Waals surface area (Å²) in [4.78, 5) is 4.45. The number of rotatable bonds is 5. The molecule has 4 heterocycles. The van der Waals surface area contributed by atoms with Crippen LogP contribution in [0.2, 0.25) is 0 Å². The van der Waals surface area contributed by atoms with E-state index in [-0.39, 0.29) is 0 Å². The van der Waals surface area contributed by atoms with Gasteiger partial charge in [-0.1, -0.05) is 6.92 Å². The Balaban J connectivity index is 1.63. The second-order valence-corrected chi connectivity index (χ2v) is 7.96. The summed E-state index contributed by atoms with van der Waals surface area (Å²) in [5.41, 5.74) is 1.90. The van der Waals surface area contributed by atoms with Crippen molar-refractivity contribution in [2.45, 2.75) is 32.3 Å². The van der Waals surface area contributed by atoms with Crippen LogP contribution in [-0.4, -0.2) is 47.9 Å². The summed E-state index contributed by atoms with van der Waals surface area (Å²) in [5.74, 6) is 2.57. The predicted octanol–water partition coefficient (Wildman–Crippen LogP) is 3.54. The Morgan fingerprint density at radius 3 is 2.80 bits per heavy atom. The maximum absolute atomic E-state index is 11.1. The van der Waals surface area contributed by atoms with Crippen LogP contribution in [-0.2, 0) is 0 Å². The van der Waals surface area contributed by atoms with E-state index in [4.69, 9.17) is 4.74 Å². The first kappa shape index (κ1) is 16.8. The number of quaternary nitrogens is 1. The number of hydrogen-bond donors (Lipinski definition) is 1. The van der Waals surface area contributed by atoms with Crippen LogP contribution < -0.4 is 4.74 Å². The number of aromatic nitrogens is 1. The highest BCUT2D eigenvalue weighted by Crippen LogP contribution is 2.41. The van der Waals surface area contributed by atoms with Crippen molar-refractivity contribution in [2.24, 2.45) is 11.8 Å². The molecule has 0 amide bonds. The predicted molar refractivity (Wildman–Crippen MR) is 99.5 cm³/mol. The number of aliphatic hydroxyl groups is 1. The van der Waals surface area contributed by atoms with Gasteiger partial charge in [0.25, 0.3) is 0 Å². The van der Waals surface area contributed by atoms with Crippen molar-refractivity contribution in [1.82, 2.24) is 4.98 Å². The number of nitrogens with zero attached hydrogens (tertiary/aromatic N) is 2. The maximum Gasteiger partial charge on any atom is 0.129 e. The first-order valence-corrected chi connectivity index (χ1v) is 9.60. The minimum absolute atomic E-state index is 0.454. The zero-order chi connectivity index (χ0) is 17.4. The van der Waals surface area contributed by atoms with Gasteiger partial charge in [-0.3, -0.25) is 4.98 Å². The van der Waals surface area contributed by atoms with Crippen molar-refractivity contribution in [1.29, 1.82) is 0 Å². The summed E-state index contributed by atoms with van der Waals surface area (Å²) in [6.45, 7) is 6.83. The molecule has 3 aliphatic rings. The van der Waals surface area contributed by atoms with Gasteiger partial charge >= 0.3 is 0 Å². The molecule has 1 aromatic carbocycles. The lowest BCUT2D eigenvalue weighted by atomic mass is 9.75. The molecule has 2 aromatic rings. The molecule has 1 aromatic heterocycles. The van der Waals surface area contributed by atoms with Gasteiger partial charge in [0.2, 0.25) is 0 Å².